The molecule has 146 valence electrons. The highest BCUT2D eigenvalue weighted by Gasteiger charge is 2.34. The molecule has 7 nitrogen and oxygen atoms in total. The smallest absolute Gasteiger partial charge is 0.352 e. The number of benzene rings is 2. The highest BCUT2D eigenvalue weighted by Crippen LogP contribution is 2.32. The Labute approximate surface area is 167 Å². The van der Waals surface area contributed by atoms with Crippen LogP contribution in [-0.2, 0) is 9.53 Å². The van der Waals surface area contributed by atoms with Gasteiger partial charge < -0.3 is 14.6 Å². The lowest BCUT2D eigenvalue weighted by Crippen LogP contribution is -2.18. The van der Waals surface area contributed by atoms with E-state index in [4.69, 9.17) is 14.7 Å². The second-order valence-electron chi connectivity index (χ2n) is 6.94. The highest BCUT2D eigenvalue weighted by molar-refractivity contribution is 6.39. The SMILES string of the molecule is Cc1ccc(NC(=O)c2c(-c3ccccc3)noc2C)c(C2COC(=O)C2=N)c1. The zero-order valence-corrected chi connectivity index (χ0v) is 16.0. The Kier molecular flexibility index (Phi) is 4.72. The van der Waals surface area contributed by atoms with Crippen molar-refractivity contribution in [1.82, 2.24) is 5.16 Å². The van der Waals surface area contributed by atoms with Crippen LogP contribution in [-0.4, -0.2) is 29.4 Å². The molecule has 3 aromatic rings. The maximum Gasteiger partial charge on any atom is 0.352 e. The number of esters is 1. The van der Waals surface area contributed by atoms with Gasteiger partial charge in [-0.15, -0.1) is 0 Å². The number of nitrogens with one attached hydrogen (secondary N) is 2. The molecule has 0 spiro atoms. The van der Waals surface area contributed by atoms with Gasteiger partial charge in [-0.1, -0.05) is 53.2 Å². The molecule has 1 atom stereocenters. The number of aromatic nitrogens is 1. The van der Waals surface area contributed by atoms with E-state index in [0.717, 1.165) is 11.1 Å². The van der Waals surface area contributed by atoms with Crippen molar-refractivity contribution < 1.29 is 18.8 Å². The summed E-state index contributed by atoms with van der Waals surface area (Å²) in [5.41, 5.74) is 3.61. The second kappa shape index (κ2) is 7.35. The summed E-state index contributed by atoms with van der Waals surface area (Å²) in [5.74, 6) is -1.11. The molecular formula is C22H19N3O4. The van der Waals surface area contributed by atoms with Crippen LogP contribution in [0.25, 0.3) is 11.3 Å². The molecule has 1 amide bonds. The summed E-state index contributed by atoms with van der Waals surface area (Å²) in [6.07, 6.45) is 0. The van der Waals surface area contributed by atoms with E-state index < -0.39 is 11.9 Å². The summed E-state index contributed by atoms with van der Waals surface area (Å²) in [6, 6.07) is 14.8. The lowest BCUT2D eigenvalue weighted by atomic mass is 9.93. The first-order valence-electron chi connectivity index (χ1n) is 9.15. The van der Waals surface area contributed by atoms with Crippen molar-refractivity contribution in [2.75, 3.05) is 11.9 Å². The van der Waals surface area contributed by atoms with Crippen LogP contribution >= 0.6 is 0 Å². The molecule has 1 saturated heterocycles. The average Bonchev–Trinajstić information content (AvgIpc) is 3.26. The molecule has 1 aliphatic heterocycles. The van der Waals surface area contributed by atoms with E-state index in [1.165, 1.54) is 0 Å². The van der Waals surface area contributed by atoms with Crippen LogP contribution in [0.4, 0.5) is 5.69 Å². The molecule has 1 fully saturated rings. The zero-order valence-electron chi connectivity index (χ0n) is 16.0. The van der Waals surface area contributed by atoms with Gasteiger partial charge in [-0.3, -0.25) is 10.2 Å². The first-order chi connectivity index (χ1) is 14.0. The normalized spacial score (nSPS) is 16.0. The summed E-state index contributed by atoms with van der Waals surface area (Å²) in [7, 11) is 0. The standard InChI is InChI=1S/C22H19N3O4/c1-12-8-9-17(15(10-12)16-11-28-22(27)19(16)23)24-21(26)18-13(2)29-25-20(18)14-6-4-3-5-7-14/h3-10,16,23H,11H2,1-2H3,(H,24,26). The lowest BCUT2D eigenvalue weighted by Gasteiger charge is -2.15. The van der Waals surface area contributed by atoms with E-state index in [2.05, 4.69) is 10.5 Å². The van der Waals surface area contributed by atoms with Gasteiger partial charge in [0.1, 0.15) is 29.3 Å². The Morgan fingerprint density at radius 2 is 1.93 bits per heavy atom. The Hall–Kier alpha value is -3.74. The summed E-state index contributed by atoms with van der Waals surface area (Å²) in [6.45, 7) is 3.68. The van der Waals surface area contributed by atoms with Crippen molar-refractivity contribution in [2.45, 2.75) is 19.8 Å². The third-order valence-electron chi connectivity index (χ3n) is 4.92. The van der Waals surface area contributed by atoms with Crippen molar-refractivity contribution >= 4 is 23.3 Å². The Morgan fingerprint density at radius 1 is 1.17 bits per heavy atom. The molecule has 4 rings (SSSR count). The third kappa shape index (κ3) is 3.42. The van der Waals surface area contributed by atoms with Gasteiger partial charge in [0.05, 0.1) is 5.92 Å². The second-order valence-corrected chi connectivity index (χ2v) is 6.94. The van der Waals surface area contributed by atoms with Crippen molar-refractivity contribution in [1.29, 1.82) is 5.41 Å². The van der Waals surface area contributed by atoms with Crippen LogP contribution < -0.4 is 5.32 Å². The summed E-state index contributed by atoms with van der Waals surface area (Å²) in [4.78, 5) is 24.8. The molecular weight excluding hydrogens is 370 g/mol. The van der Waals surface area contributed by atoms with Crippen molar-refractivity contribution in [2.24, 2.45) is 0 Å². The van der Waals surface area contributed by atoms with Crippen LogP contribution in [0, 0.1) is 19.3 Å². The maximum atomic E-state index is 13.1. The first-order valence-corrected chi connectivity index (χ1v) is 9.15. The Balaban J connectivity index is 1.70. The Bertz CT molecular complexity index is 1120. The van der Waals surface area contributed by atoms with Crippen molar-refractivity contribution in [3.63, 3.8) is 0 Å². The quantitative estimate of drug-likeness (QED) is 0.659. The van der Waals surface area contributed by atoms with E-state index in [1.807, 2.05) is 49.4 Å². The predicted molar refractivity (Wildman–Crippen MR) is 107 cm³/mol. The van der Waals surface area contributed by atoms with E-state index in [1.54, 1.807) is 13.0 Å². The number of rotatable bonds is 4. The largest absolute Gasteiger partial charge is 0.460 e. The molecule has 0 bridgehead atoms. The molecule has 0 radical (unpaired) electrons. The zero-order chi connectivity index (χ0) is 20.5. The Morgan fingerprint density at radius 3 is 2.62 bits per heavy atom. The predicted octanol–water partition coefficient (Wildman–Crippen LogP) is 3.87. The molecule has 0 saturated carbocycles. The molecule has 0 aliphatic carbocycles. The van der Waals surface area contributed by atoms with Gasteiger partial charge in [-0.25, -0.2) is 4.79 Å². The van der Waals surface area contributed by atoms with Crippen LogP contribution in [0.1, 0.15) is 33.2 Å². The molecule has 1 aliphatic rings. The number of hydrogen-bond donors (Lipinski definition) is 2. The number of aryl methyl sites for hydroxylation is 2. The lowest BCUT2D eigenvalue weighted by molar-refractivity contribution is -0.132. The van der Waals surface area contributed by atoms with Gasteiger partial charge in [0, 0.05) is 11.3 Å². The monoisotopic (exact) mass is 389 g/mol. The van der Waals surface area contributed by atoms with Gasteiger partial charge >= 0.3 is 5.97 Å². The van der Waals surface area contributed by atoms with Gasteiger partial charge in [-0.05, 0) is 25.5 Å². The topological polar surface area (TPSA) is 105 Å². The van der Waals surface area contributed by atoms with Crippen LogP contribution in [0.2, 0.25) is 0 Å². The minimum atomic E-state index is -0.630. The van der Waals surface area contributed by atoms with Crippen LogP contribution in [0.3, 0.4) is 0 Å². The number of cyclic esters (lactones) is 1. The minimum absolute atomic E-state index is 0.0888. The maximum absolute atomic E-state index is 13.1. The summed E-state index contributed by atoms with van der Waals surface area (Å²) in [5, 5.41) is 15.0. The first kappa shape index (κ1) is 18.6. The number of nitrogens with zero attached hydrogens (tertiary/aromatic N) is 1. The van der Waals surface area contributed by atoms with E-state index in [-0.39, 0.29) is 18.2 Å². The van der Waals surface area contributed by atoms with Crippen molar-refractivity contribution in [3.05, 3.63) is 71.0 Å². The van der Waals surface area contributed by atoms with Crippen LogP contribution in [0.5, 0.6) is 0 Å². The molecule has 2 aromatic carbocycles. The molecule has 1 unspecified atom stereocenters. The van der Waals surface area contributed by atoms with E-state index in [9.17, 15) is 9.59 Å². The highest BCUT2D eigenvalue weighted by atomic mass is 16.5. The number of anilines is 1. The number of hydrogen-bond acceptors (Lipinski definition) is 6. The molecule has 2 heterocycles. The van der Waals surface area contributed by atoms with Gasteiger partial charge in [-0.2, -0.15) is 0 Å². The van der Waals surface area contributed by atoms with Crippen molar-refractivity contribution in [3.8, 4) is 11.3 Å². The average molecular weight is 389 g/mol. The summed E-state index contributed by atoms with van der Waals surface area (Å²) < 4.78 is 10.3. The fraction of sp³-hybridized carbons (Fsp3) is 0.182. The number of carbonyl (C=O) groups excluding carboxylic acids is 2. The summed E-state index contributed by atoms with van der Waals surface area (Å²) >= 11 is 0. The number of carbonyl (C=O) groups is 2. The molecule has 7 heteroatoms. The fourth-order valence-corrected chi connectivity index (χ4v) is 3.41. The molecule has 29 heavy (non-hydrogen) atoms. The van der Waals surface area contributed by atoms with Gasteiger partial charge in [0.25, 0.3) is 5.91 Å². The van der Waals surface area contributed by atoms with Crippen LogP contribution in [0.15, 0.2) is 53.1 Å². The number of ether oxygens (including phenoxy) is 1. The van der Waals surface area contributed by atoms with E-state index >= 15 is 0 Å². The molecule has 2 N–H and O–H groups in total. The third-order valence-corrected chi connectivity index (χ3v) is 4.92. The number of amides is 1. The fourth-order valence-electron chi connectivity index (χ4n) is 3.41. The minimum Gasteiger partial charge on any atom is -0.460 e. The van der Waals surface area contributed by atoms with Gasteiger partial charge in [0.2, 0.25) is 0 Å². The van der Waals surface area contributed by atoms with Gasteiger partial charge in [0.15, 0.2) is 0 Å². The molecule has 1 aromatic heterocycles. The van der Waals surface area contributed by atoms with E-state index in [0.29, 0.717) is 28.3 Å².